The molecule has 3 heteroatoms. The lowest BCUT2D eigenvalue weighted by Gasteiger charge is -2.19. The minimum atomic E-state index is 0.119. The first-order chi connectivity index (χ1) is 8.27. The monoisotopic (exact) mass is 307 g/mol. The first kappa shape index (κ1) is 11.5. The van der Waals surface area contributed by atoms with Crippen LogP contribution in [0.2, 0.25) is 0 Å². The summed E-state index contributed by atoms with van der Waals surface area (Å²) in [5.41, 5.74) is 9.36. The van der Waals surface area contributed by atoms with Crippen LogP contribution in [0.4, 0.5) is 0 Å². The van der Waals surface area contributed by atoms with Crippen LogP contribution in [0.3, 0.4) is 0 Å². The summed E-state index contributed by atoms with van der Waals surface area (Å²) in [6.45, 7) is 0. The minimum absolute atomic E-state index is 0.119. The number of nitrogens with two attached hydrogens (primary N) is 1. The molecule has 1 aromatic carbocycles. The average molecular weight is 308 g/mol. The summed E-state index contributed by atoms with van der Waals surface area (Å²) >= 11 is 5.33. The molecule has 1 heterocycles. The Balaban J connectivity index is 1.95. The van der Waals surface area contributed by atoms with Crippen LogP contribution >= 0.6 is 27.3 Å². The van der Waals surface area contributed by atoms with Gasteiger partial charge in [0, 0.05) is 21.3 Å². The van der Waals surface area contributed by atoms with E-state index in [-0.39, 0.29) is 6.04 Å². The normalized spacial score (nSPS) is 20.2. The lowest BCUT2D eigenvalue weighted by molar-refractivity contribution is 0.557. The molecule has 17 heavy (non-hydrogen) atoms. The highest BCUT2D eigenvalue weighted by Gasteiger charge is 2.29. The second-order valence-electron chi connectivity index (χ2n) is 4.50. The third kappa shape index (κ3) is 1.96. The Morgan fingerprint density at radius 2 is 2.12 bits per heavy atom. The predicted molar refractivity (Wildman–Crippen MR) is 76.5 cm³/mol. The molecule has 0 bridgehead atoms. The van der Waals surface area contributed by atoms with Gasteiger partial charge < -0.3 is 5.73 Å². The van der Waals surface area contributed by atoms with Gasteiger partial charge in [-0.1, -0.05) is 24.3 Å². The summed E-state index contributed by atoms with van der Waals surface area (Å²) in [5, 5.41) is 2.10. The number of halogens is 1. The van der Waals surface area contributed by atoms with E-state index in [1.54, 1.807) is 11.3 Å². The molecule has 0 saturated heterocycles. The number of rotatable bonds is 2. The highest BCUT2D eigenvalue weighted by atomic mass is 79.9. The van der Waals surface area contributed by atoms with Gasteiger partial charge in [0.2, 0.25) is 0 Å². The molecule has 0 saturated carbocycles. The highest BCUT2D eigenvalue weighted by Crippen LogP contribution is 2.43. The molecule has 2 unspecified atom stereocenters. The minimum Gasteiger partial charge on any atom is -0.323 e. The molecule has 0 amide bonds. The van der Waals surface area contributed by atoms with E-state index >= 15 is 0 Å². The number of hydrogen-bond donors (Lipinski definition) is 1. The Morgan fingerprint density at radius 1 is 1.29 bits per heavy atom. The number of benzene rings is 1. The molecule has 88 valence electrons. The van der Waals surface area contributed by atoms with Crippen molar-refractivity contribution in [1.29, 1.82) is 0 Å². The Labute approximate surface area is 114 Å². The molecular formula is C14H14BrNS. The van der Waals surface area contributed by atoms with Crippen molar-refractivity contribution in [1.82, 2.24) is 0 Å². The number of aryl methyl sites for hydroxylation is 1. The average Bonchev–Trinajstić information content (AvgIpc) is 2.94. The Hall–Kier alpha value is -0.640. The van der Waals surface area contributed by atoms with E-state index in [9.17, 15) is 0 Å². The summed E-state index contributed by atoms with van der Waals surface area (Å²) in [6.07, 6.45) is 2.34. The second-order valence-corrected chi connectivity index (χ2v) is 6.30. The molecule has 2 N–H and O–H groups in total. The number of thiophene rings is 1. The summed E-state index contributed by atoms with van der Waals surface area (Å²) in [7, 11) is 0. The third-order valence-electron chi connectivity index (χ3n) is 3.56. The zero-order chi connectivity index (χ0) is 11.8. The fourth-order valence-electron chi connectivity index (χ4n) is 2.69. The van der Waals surface area contributed by atoms with Gasteiger partial charge in [-0.2, -0.15) is 0 Å². The maximum atomic E-state index is 6.44. The van der Waals surface area contributed by atoms with Crippen LogP contribution in [0.5, 0.6) is 0 Å². The van der Waals surface area contributed by atoms with Crippen LogP contribution < -0.4 is 5.73 Å². The van der Waals surface area contributed by atoms with E-state index in [0.29, 0.717) is 5.92 Å². The molecule has 0 spiro atoms. The van der Waals surface area contributed by atoms with Crippen molar-refractivity contribution < 1.29 is 0 Å². The Morgan fingerprint density at radius 3 is 2.88 bits per heavy atom. The lowest BCUT2D eigenvalue weighted by atomic mass is 9.93. The molecule has 1 aromatic heterocycles. The van der Waals surface area contributed by atoms with Crippen LogP contribution in [-0.4, -0.2) is 0 Å². The second kappa shape index (κ2) is 4.56. The SMILES string of the molecule is NC(c1sccc1Br)C1CCc2ccccc21. The van der Waals surface area contributed by atoms with Crippen LogP contribution in [0.15, 0.2) is 40.2 Å². The van der Waals surface area contributed by atoms with E-state index < -0.39 is 0 Å². The van der Waals surface area contributed by atoms with Gasteiger partial charge in [0.1, 0.15) is 0 Å². The standard InChI is InChI=1S/C14H14BrNS/c15-12-7-8-17-14(12)13(16)11-6-5-9-3-1-2-4-10(9)11/h1-4,7-8,11,13H,5-6,16H2. The zero-order valence-corrected chi connectivity index (χ0v) is 11.8. The topological polar surface area (TPSA) is 26.0 Å². The van der Waals surface area contributed by atoms with Gasteiger partial charge in [-0.05, 0) is 51.3 Å². The predicted octanol–water partition coefficient (Wildman–Crippen LogP) is 4.24. The van der Waals surface area contributed by atoms with Gasteiger partial charge in [0.05, 0.1) is 0 Å². The number of hydrogen-bond acceptors (Lipinski definition) is 2. The summed E-state index contributed by atoms with van der Waals surface area (Å²) < 4.78 is 1.15. The van der Waals surface area contributed by atoms with Gasteiger partial charge in [-0.3, -0.25) is 0 Å². The molecule has 2 atom stereocenters. The van der Waals surface area contributed by atoms with Gasteiger partial charge in [0.15, 0.2) is 0 Å². The van der Waals surface area contributed by atoms with Crippen molar-refractivity contribution in [3.05, 3.63) is 56.2 Å². The van der Waals surface area contributed by atoms with Gasteiger partial charge in [0.25, 0.3) is 0 Å². The Kier molecular flexibility index (Phi) is 3.07. The molecule has 1 aliphatic carbocycles. The molecule has 0 aliphatic heterocycles. The van der Waals surface area contributed by atoms with Crippen LogP contribution in [0, 0.1) is 0 Å². The van der Waals surface area contributed by atoms with E-state index in [1.165, 1.54) is 22.4 Å². The molecule has 2 aromatic rings. The smallest absolute Gasteiger partial charge is 0.0470 e. The Bertz CT molecular complexity index is 535. The van der Waals surface area contributed by atoms with E-state index in [4.69, 9.17) is 5.73 Å². The van der Waals surface area contributed by atoms with Crippen LogP contribution in [-0.2, 0) is 6.42 Å². The van der Waals surface area contributed by atoms with Crippen molar-refractivity contribution in [3.63, 3.8) is 0 Å². The largest absolute Gasteiger partial charge is 0.323 e. The summed E-state index contributed by atoms with van der Waals surface area (Å²) in [4.78, 5) is 1.27. The van der Waals surface area contributed by atoms with Crippen molar-refractivity contribution in [2.45, 2.75) is 24.8 Å². The van der Waals surface area contributed by atoms with Crippen LogP contribution in [0.1, 0.15) is 34.4 Å². The third-order valence-corrected chi connectivity index (χ3v) is 5.53. The fraction of sp³-hybridized carbons (Fsp3) is 0.286. The maximum Gasteiger partial charge on any atom is 0.0470 e. The maximum absolute atomic E-state index is 6.44. The van der Waals surface area contributed by atoms with Gasteiger partial charge in [-0.15, -0.1) is 11.3 Å². The molecule has 0 fully saturated rings. The molecule has 3 rings (SSSR count). The van der Waals surface area contributed by atoms with E-state index in [0.717, 1.165) is 10.9 Å². The van der Waals surface area contributed by atoms with Crippen molar-refractivity contribution in [2.24, 2.45) is 5.73 Å². The molecule has 0 radical (unpaired) electrons. The van der Waals surface area contributed by atoms with Gasteiger partial charge in [-0.25, -0.2) is 0 Å². The van der Waals surface area contributed by atoms with Crippen molar-refractivity contribution in [2.75, 3.05) is 0 Å². The molecule has 1 aliphatic rings. The quantitative estimate of drug-likeness (QED) is 0.882. The zero-order valence-electron chi connectivity index (χ0n) is 9.40. The van der Waals surface area contributed by atoms with Crippen molar-refractivity contribution >= 4 is 27.3 Å². The van der Waals surface area contributed by atoms with E-state index in [1.807, 2.05) is 0 Å². The van der Waals surface area contributed by atoms with Crippen LogP contribution in [0.25, 0.3) is 0 Å². The lowest BCUT2D eigenvalue weighted by Crippen LogP contribution is -2.17. The van der Waals surface area contributed by atoms with E-state index in [2.05, 4.69) is 51.6 Å². The fourth-order valence-corrected chi connectivity index (χ4v) is 4.39. The van der Waals surface area contributed by atoms with Gasteiger partial charge >= 0.3 is 0 Å². The summed E-state index contributed by atoms with van der Waals surface area (Å²) in [6, 6.07) is 10.9. The van der Waals surface area contributed by atoms with Crippen molar-refractivity contribution in [3.8, 4) is 0 Å². The molecular weight excluding hydrogens is 294 g/mol. The number of fused-ring (bicyclic) bond motifs is 1. The molecule has 1 nitrogen and oxygen atoms in total. The highest BCUT2D eigenvalue weighted by molar-refractivity contribution is 9.10. The first-order valence-corrected chi connectivity index (χ1v) is 7.51. The first-order valence-electron chi connectivity index (χ1n) is 5.83. The summed E-state index contributed by atoms with van der Waals surface area (Å²) in [5.74, 6) is 0.473.